The van der Waals surface area contributed by atoms with Crippen molar-refractivity contribution in [1.82, 2.24) is 4.90 Å². The molecule has 0 bridgehead atoms. The summed E-state index contributed by atoms with van der Waals surface area (Å²) >= 11 is 0. The SMILES string of the molecule is CN1C[C@H]2[C@@H](c3ccccc31)[C@H](CO)N2Cc1ccccc1F. The van der Waals surface area contributed by atoms with Gasteiger partial charge in [0, 0.05) is 49.4 Å². The van der Waals surface area contributed by atoms with Gasteiger partial charge in [-0.3, -0.25) is 4.90 Å². The largest absolute Gasteiger partial charge is 0.395 e. The van der Waals surface area contributed by atoms with E-state index in [1.807, 2.05) is 12.1 Å². The Bertz CT molecular complexity index is 720. The minimum atomic E-state index is -0.169. The molecule has 1 fully saturated rings. The molecule has 0 unspecified atom stereocenters. The maximum absolute atomic E-state index is 14.0. The van der Waals surface area contributed by atoms with Crippen LogP contribution in [0.1, 0.15) is 17.0 Å². The maximum atomic E-state index is 14.0. The molecule has 0 radical (unpaired) electrons. The Morgan fingerprint density at radius 1 is 1.13 bits per heavy atom. The molecule has 3 nitrogen and oxygen atoms in total. The van der Waals surface area contributed by atoms with Crippen LogP contribution in [0, 0.1) is 5.82 Å². The Kier molecular flexibility index (Phi) is 3.58. The number of halogens is 1. The van der Waals surface area contributed by atoms with Crippen LogP contribution in [-0.2, 0) is 6.54 Å². The fraction of sp³-hybridized carbons (Fsp3) is 0.368. The first-order valence-corrected chi connectivity index (χ1v) is 8.10. The second-order valence-corrected chi connectivity index (χ2v) is 6.55. The van der Waals surface area contributed by atoms with Gasteiger partial charge in [-0.1, -0.05) is 36.4 Å². The zero-order valence-electron chi connectivity index (χ0n) is 13.2. The lowest BCUT2D eigenvalue weighted by Gasteiger charge is -2.59. The second kappa shape index (κ2) is 5.62. The average molecular weight is 312 g/mol. The van der Waals surface area contributed by atoms with Crippen molar-refractivity contribution < 1.29 is 9.50 Å². The van der Waals surface area contributed by atoms with Gasteiger partial charge in [-0.2, -0.15) is 0 Å². The summed E-state index contributed by atoms with van der Waals surface area (Å²) in [5.74, 6) is 0.163. The van der Waals surface area contributed by atoms with E-state index in [9.17, 15) is 9.50 Å². The van der Waals surface area contributed by atoms with E-state index in [0.717, 1.165) is 6.54 Å². The van der Waals surface area contributed by atoms with Gasteiger partial charge in [-0.05, 0) is 17.7 Å². The van der Waals surface area contributed by atoms with E-state index < -0.39 is 0 Å². The lowest BCUT2D eigenvalue weighted by atomic mass is 9.72. The molecule has 2 aliphatic rings. The third-order valence-corrected chi connectivity index (χ3v) is 5.35. The van der Waals surface area contributed by atoms with E-state index in [2.05, 4.69) is 41.1 Å². The predicted octanol–water partition coefficient (Wildman–Crippen LogP) is 2.60. The molecule has 23 heavy (non-hydrogen) atoms. The van der Waals surface area contributed by atoms with Crippen molar-refractivity contribution in [2.75, 3.05) is 25.1 Å². The van der Waals surface area contributed by atoms with Crippen molar-refractivity contribution in [1.29, 1.82) is 0 Å². The second-order valence-electron chi connectivity index (χ2n) is 6.55. The number of benzene rings is 2. The summed E-state index contributed by atoms with van der Waals surface area (Å²) in [6, 6.07) is 15.7. The van der Waals surface area contributed by atoms with E-state index in [4.69, 9.17) is 0 Å². The molecule has 4 heteroatoms. The van der Waals surface area contributed by atoms with Gasteiger partial charge in [0.15, 0.2) is 0 Å². The molecule has 3 atom stereocenters. The van der Waals surface area contributed by atoms with Gasteiger partial charge in [-0.15, -0.1) is 0 Å². The minimum Gasteiger partial charge on any atom is -0.395 e. The fourth-order valence-electron chi connectivity index (χ4n) is 4.22. The third-order valence-electron chi connectivity index (χ3n) is 5.35. The summed E-state index contributed by atoms with van der Waals surface area (Å²) in [5, 5.41) is 9.89. The highest BCUT2D eigenvalue weighted by Gasteiger charge is 2.51. The minimum absolute atomic E-state index is 0.0643. The number of rotatable bonds is 3. The number of fused-ring (bicyclic) bond motifs is 3. The third kappa shape index (κ3) is 2.25. The summed E-state index contributed by atoms with van der Waals surface area (Å²) in [6.45, 7) is 1.56. The first-order valence-electron chi connectivity index (χ1n) is 8.10. The smallest absolute Gasteiger partial charge is 0.127 e. The first kappa shape index (κ1) is 14.7. The van der Waals surface area contributed by atoms with Crippen LogP contribution in [0.25, 0.3) is 0 Å². The number of aliphatic hydroxyl groups is 1. The Labute approximate surface area is 136 Å². The van der Waals surface area contributed by atoms with Crippen molar-refractivity contribution in [2.24, 2.45) is 0 Å². The van der Waals surface area contributed by atoms with Gasteiger partial charge in [0.1, 0.15) is 5.82 Å². The molecular weight excluding hydrogens is 291 g/mol. The molecule has 4 rings (SSSR count). The molecule has 0 aromatic heterocycles. The Hall–Kier alpha value is -1.91. The van der Waals surface area contributed by atoms with E-state index in [-0.39, 0.29) is 18.5 Å². The maximum Gasteiger partial charge on any atom is 0.127 e. The number of likely N-dealkylation sites (tertiary alicyclic amines) is 1. The number of likely N-dealkylation sites (N-methyl/N-ethyl adjacent to an activating group) is 1. The van der Waals surface area contributed by atoms with E-state index >= 15 is 0 Å². The lowest BCUT2D eigenvalue weighted by Crippen LogP contribution is -2.68. The van der Waals surface area contributed by atoms with E-state index in [1.54, 1.807) is 6.07 Å². The topological polar surface area (TPSA) is 26.7 Å². The van der Waals surface area contributed by atoms with Crippen LogP contribution in [0.5, 0.6) is 0 Å². The monoisotopic (exact) mass is 312 g/mol. The number of para-hydroxylation sites is 1. The zero-order valence-corrected chi connectivity index (χ0v) is 13.2. The van der Waals surface area contributed by atoms with Crippen molar-refractivity contribution in [3.05, 3.63) is 65.5 Å². The molecule has 0 aliphatic carbocycles. The summed E-state index contributed by atoms with van der Waals surface area (Å²) in [5.41, 5.74) is 3.25. The number of hydrogen-bond donors (Lipinski definition) is 1. The van der Waals surface area contributed by atoms with Crippen LogP contribution >= 0.6 is 0 Å². The van der Waals surface area contributed by atoms with Crippen molar-refractivity contribution >= 4 is 5.69 Å². The molecular formula is C19H21FN2O. The van der Waals surface area contributed by atoms with E-state index in [1.165, 1.54) is 17.3 Å². The van der Waals surface area contributed by atoms with Crippen molar-refractivity contribution in [3.63, 3.8) is 0 Å². The Morgan fingerprint density at radius 2 is 1.87 bits per heavy atom. The molecule has 120 valence electrons. The number of anilines is 1. The van der Waals surface area contributed by atoms with Crippen molar-refractivity contribution in [3.8, 4) is 0 Å². The molecule has 0 saturated carbocycles. The number of nitrogens with zero attached hydrogens (tertiary/aromatic N) is 2. The Morgan fingerprint density at radius 3 is 2.65 bits per heavy atom. The normalized spacial score (nSPS) is 26.4. The molecule has 0 amide bonds. The van der Waals surface area contributed by atoms with E-state index in [0.29, 0.717) is 24.1 Å². The highest BCUT2D eigenvalue weighted by molar-refractivity contribution is 5.59. The number of aliphatic hydroxyl groups excluding tert-OH is 1. The van der Waals surface area contributed by atoms with Crippen LogP contribution < -0.4 is 4.90 Å². The molecule has 2 aromatic carbocycles. The van der Waals surface area contributed by atoms with Crippen LogP contribution in [0.4, 0.5) is 10.1 Å². The summed E-state index contributed by atoms with van der Waals surface area (Å²) in [7, 11) is 2.10. The molecule has 1 N–H and O–H groups in total. The van der Waals surface area contributed by atoms with Gasteiger partial charge in [0.05, 0.1) is 6.61 Å². The number of hydrogen-bond acceptors (Lipinski definition) is 3. The van der Waals surface area contributed by atoms with Gasteiger partial charge in [-0.25, -0.2) is 4.39 Å². The standard InChI is InChI=1S/C19H21FN2O/c1-21-11-17-19(14-7-3-5-9-16(14)21)18(12-23)22(17)10-13-6-2-4-8-15(13)20/h2-9,17-19,23H,10-12H2,1H3/t17-,18-,19+/m0/s1. The zero-order chi connectivity index (χ0) is 16.0. The molecule has 2 aromatic rings. The highest BCUT2D eigenvalue weighted by atomic mass is 19.1. The van der Waals surface area contributed by atoms with Gasteiger partial charge in [0.2, 0.25) is 0 Å². The molecule has 0 spiro atoms. The Balaban J connectivity index is 1.64. The highest BCUT2D eigenvalue weighted by Crippen LogP contribution is 2.48. The molecule has 2 aliphatic heterocycles. The van der Waals surface area contributed by atoms with Crippen LogP contribution in [0.15, 0.2) is 48.5 Å². The van der Waals surface area contributed by atoms with Gasteiger partial charge < -0.3 is 10.0 Å². The van der Waals surface area contributed by atoms with Gasteiger partial charge in [0.25, 0.3) is 0 Å². The van der Waals surface area contributed by atoms with Crippen LogP contribution in [0.2, 0.25) is 0 Å². The lowest BCUT2D eigenvalue weighted by molar-refractivity contribution is -0.0495. The molecule has 1 saturated heterocycles. The molecule has 2 heterocycles. The van der Waals surface area contributed by atoms with Gasteiger partial charge >= 0.3 is 0 Å². The predicted molar refractivity (Wildman–Crippen MR) is 89.1 cm³/mol. The average Bonchev–Trinajstić information content (AvgIpc) is 2.56. The quantitative estimate of drug-likeness (QED) is 0.944. The van der Waals surface area contributed by atoms with Crippen LogP contribution in [-0.4, -0.2) is 42.3 Å². The first-order chi connectivity index (χ1) is 11.2. The fourth-order valence-corrected chi connectivity index (χ4v) is 4.22. The van der Waals surface area contributed by atoms with Crippen LogP contribution in [0.3, 0.4) is 0 Å². The summed E-state index contributed by atoms with van der Waals surface area (Å²) < 4.78 is 14.0. The summed E-state index contributed by atoms with van der Waals surface area (Å²) in [4.78, 5) is 4.51. The van der Waals surface area contributed by atoms with Crippen molar-refractivity contribution in [2.45, 2.75) is 24.5 Å². The summed E-state index contributed by atoms with van der Waals surface area (Å²) in [6.07, 6.45) is 0.